The van der Waals surface area contributed by atoms with E-state index in [1.807, 2.05) is 18.2 Å². The molecule has 4 saturated heterocycles. The number of nitrogens with two attached hydrogens (primary N) is 1. The predicted molar refractivity (Wildman–Crippen MR) is 302 cm³/mol. The second-order valence-corrected chi connectivity index (χ2v) is 23.9. The molecule has 1 aromatic heterocycles. The lowest BCUT2D eigenvalue weighted by Gasteiger charge is -2.37. The van der Waals surface area contributed by atoms with Crippen LogP contribution in [0.2, 0.25) is 5.02 Å². The first-order valence-corrected chi connectivity index (χ1v) is 29.1. The zero-order valence-corrected chi connectivity index (χ0v) is 48.1. The van der Waals surface area contributed by atoms with Crippen molar-refractivity contribution in [1.29, 1.82) is 0 Å². The van der Waals surface area contributed by atoms with Crippen molar-refractivity contribution in [3.05, 3.63) is 29.3 Å². The van der Waals surface area contributed by atoms with Crippen LogP contribution >= 0.6 is 11.6 Å². The normalized spacial score (nSPS) is 22.0. The van der Waals surface area contributed by atoms with E-state index in [4.69, 9.17) is 26.8 Å². The summed E-state index contributed by atoms with van der Waals surface area (Å²) in [4.78, 5) is 110. The van der Waals surface area contributed by atoms with Gasteiger partial charge in [0.15, 0.2) is 0 Å². The molecular formula is C56H87ClN12O10. The lowest BCUT2D eigenvalue weighted by Crippen LogP contribution is -2.57. The monoisotopic (exact) mass is 1120 g/mol. The van der Waals surface area contributed by atoms with Gasteiger partial charge in [0.25, 0.3) is 11.8 Å². The summed E-state index contributed by atoms with van der Waals surface area (Å²) < 4.78 is 10.3. The molecule has 79 heavy (non-hydrogen) atoms. The minimum atomic E-state index is -0.713. The highest BCUT2D eigenvalue weighted by molar-refractivity contribution is 6.31. The molecule has 11 amide bonds. The maximum absolute atomic E-state index is 13.3. The molecule has 8 N–H and O–H groups in total. The molecule has 4 aliphatic heterocycles. The first-order chi connectivity index (χ1) is 37.5. The van der Waals surface area contributed by atoms with Gasteiger partial charge in [0.05, 0.1) is 5.52 Å². The molecule has 6 fully saturated rings. The van der Waals surface area contributed by atoms with Crippen molar-refractivity contribution in [3.63, 3.8) is 0 Å². The lowest BCUT2D eigenvalue weighted by atomic mass is 9.96. The fourth-order valence-electron chi connectivity index (χ4n) is 10.6. The number of carbonyl (C=O) groups is 8. The van der Waals surface area contributed by atoms with Crippen LogP contribution in [0.4, 0.5) is 35.5 Å². The molecule has 3 unspecified atom stereocenters. The van der Waals surface area contributed by atoms with Gasteiger partial charge < -0.3 is 56.9 Å². The number of benzene rings is 1. The Bertz CT molecular complexity index is 2430. The minimum Gasteiger partial charge on any atom is -0.444 e. The number of rotatable bonds is 6. The van der Waals surface area contributed by atoms with Crippen molar-refractivity contribution < 1.29 is 47.8 Å². The third-order valence-electron chi connectivity index (χ3n) is 14.6. The Morgan fingerprint density at radius 3 is 1.56 bits per heavy atom. The second-order valence-electron chi connectivity index (χ2n) is 23.4. The number of aromatic nitrogens is 1. The van der Waals surface area contributed by atoms with Gasteiger partial charge in [0, 0.05) is 80.1 Å². The number of anilines is 2. The van der Waals surface area contributed by atoms with Gasteiger partial charge in [-0.2, -0.15) is 0 Å². The molecule has 2 aromatic rings. The van der Waals surface area contributed by atoms with Gasteiger partial charge in [0.1, 0.15) is 35.1 Å². The van der Waals surface area contributed by atoms with E-state index < -0.39 is 41.5 Å². The molecule has 438 valence electrons. The lowest BCUT2D eigenvalue weighted by molar-refractivity contribution is -0.130. The largest absolute Gasteiger partial charge is 0.444 e. The zero-order valence-electron chi connectivity index (χ0n) is 47.4. The number of hydrogen-bond acceptors (Lipinski definition) is 13. The summed E-state index contributed by atoms with van der Waals surface area (Å²) in [6.07, 6.45) is 16.2. The van der Waals surface area contributed by atoms with E-state index in [-0.39, 0.29) is 47.9 Å². The third-order valence-corrected chi connectivity index (χ3v) is 14.9. The summed E-state index contributed by atoms with van der Waals surface area (Å²) in [6, 6.07) is 4.87. The molecule has 1 aromatic carbocycles. The Labute approximate surface area is 470 Å². The topological polar surface area (TPSA) is 279 Å². The number of nitrogens with zero attached hydrogens (tertiary/aromatic N) is 5. The van der Waals surface area contributed by atoms with Crippen molar-refractivity contribution >= 4 is 82.0 Å². The Morgan fingerprint density at radius 1 is 0.570 bits per heavy atom. The Kier molecular flexibility index (Phi) is 22.9. The number of piperazine rings is 1. The van der Waals surface area contributed by atoms with E-state index in [9.17, 15) is 38.4 Å². The van der Waals surface area contributed by atoms with Crippen LogP contribution in [0.25, 0.3) is 10.9 Å². The zero-order chi connectivity index (χ0) is 57.3. The van der Waals surface area contributed by atoms with Gasteiger partial charge in [-0.25, -0.2) is 29.0 Å². The average molecular weight is 1120 g/mol. The van der Waals surface area contributed by atoms with Gasteiger partial charge >= 0.3 is 30.3 Å². The van der Waals surface area contributed by atoms with Crippen LogP contribution in [0.1, 0.15) is 164 Å². The van der Waals surface area contributed by atoms with Crippen LogP contribution in [0.5, 0.6) is 0 Å². The molecule has 5 heterocycles. The van der Waals surface area contributed by atoms with Gasteiger partial charge in [-0.15, -0.1) is 0 Å². The summed E-state index contributed by atoms with van der Waals surface area (Å²) in [5, 5.41) is 18.5. The Balaban J connectivity index is 0.000000211. The second kappa shape index (κ2) is 29.2. The number of nitrogen functional groups attached to an aromatic ring is 1. The maximum atomic E-state index is 13.3. The van der Waals surface area contributed by atoms with Gasteiger partial charge in [0.2, 0.25) is 5.91 Å². The molecule has 2 aliphatic carbocycles. The van der Waals surface area contributed by atoms with Crippen molar-refractivity contribution in [3.8, 4) is 0 Å². The number of fused-ring (bicyclic) bond motifs is 1. The number of urea groups is 3. The van der Waals surface area contributed by atoms with E-state index in [0.29, 0.717) is 75.9 Å². The van der Waals surface area contributed by atoms with Crippen molar-refractivity contribution in [2.24, 2.45) is 0 Å². The molecule has 0 bridgehead atoms. The number of carbonyl (C=O) groups excluding carboxylic acids is 8. The van der Waals surface area contributed by atoms with Crippen LogP contribution in [0.15, 0.2) is 24.3 Å². The first kappa shape index (κ1) is 61.9. The average Bonchev–Trinajstić information content (AvgIpc) is 3.82. The summed E-state index contributed by atoms with van der Waals surface area (Å²) in [5.41, 5.74) is 6.58. The molecule has 0 spiro atoms. The Morgan fingerprint density at radius 2 is 1.04 bits per heavy atom. The van der Waals surface area contributed by atoms with Crippen molar-refractivity contribution in [2.45, 2.75) is 205 Å². The number of ether oxygens (including phenoxy) is 2. The van der Waals surface area contributed by atoms with Crippen LogP contribution in [0, 0.1) is 0 Å². The minimum absolute atomic E-state index is 0.122. The fraction of sp³-hybridized carbons (Fsp3) is 0.696. The Hall–Kier alpha value is -6.32. The SMILES string of the molecule is CC(C)(C)OC(=O)NC1CCCCN(C(=O)NC2CCCCC2)C1=O.CC(C)(C)OC(=O)NC1CCCCNC1=O.Nc1cc(N2CCN(C(=O)NC3CCCCN(C(=O)NC4CCCCC4)C3=O)CC2)c2ccc(Cl)cc2n1. The summed E-state index contributed by atoms with van der Waals surface area (Å²) >= 11 is 6.14. The smallest absolute Gasteiger partial charge is 0.408 e. The third kappa shape index (κ3) is 19.8. The number of likely N-dealkylation sites (tertiary alicyclic amines) is 2. The predicted octanol–water partition coefficient (Wildman–Crippen LogP) is 7.84. The van der Waals surface area contributed by atoms with Crippen molar-refractivity contribution in [1.82, 2.24) is 51.6 Å². The van der Waals surface area contributed by atoms with Gasteiger partial charge in [-0.3, -0.25) is 24.2 Å². The standard InChI is InChI=1S/C27H36ClN7O3.C18H31N3O4.C11H20N2O3/c28-18-9-10-20-22(16-18)31-24(29)17-23(20)33-12-14-34(15-13-33)26(37)32-21-8-4-5-11-35(25(21)36)27(38)30-19-6-2-1-3-7-19;1-18(2,3)25-17(24)20-14-11-7-8-12-21(15(14)22)16(23)19-13-9-5-4-6-10-13;1-11(2,3)16-10(15)13-8-6-4-5-7-12-9(8)14/h9-10,16-17,19,21H,1-8,11-15H2,(H2,29,31)(H,30,38)(H,32,37);13-14H,4-12H2,1-3H3,(H,19,23)(H,20,24);8H,4-7H2,1-3H3,(H,12,14)(H,13,15). The van der Waals surface area contributed by atoms with E-state index in [2.05, 4.69) is 41.8 Å². The molecule has 3 atom stereocenters. The van der Waals surface area contributed by atoms with Crippen LogP contribution in [0.3, 0.4) is 0 Å². The molecular weight excluding hydrogens is 1040 g/mol. The van der Waals surface area contributed by atoms with Gasteiger partial charge in [-0.05, 0) is 143 Å². The number of imide groups is 2. The highest BCUT2D eigenvalue weighted by Crippen LogP contribution is 2.31. The fourth-order valence-corrected chi connectivity index (χ4v) is 10.7. The van der Waals surface area contributed by atoms with E-state index >= 15 is 0 Å². The molecule has 22 nitrogen and oxygen atoms in total. The van der Waals surface area contributed by atoms with E-state index in [1.54, 1.807) is 52.5 Å². The first-order valence-electron chi connectivity index (χ1n) is 28.7. The van der Waals surface area contributed by atoms with Crippen LogP contribution in [-0.2, 0) is 23.9 Å². The quantitative estimate of drug-likeness (QED) is 0.145. The number of halogens is 1. The molecule has 6 aliphatic rings. The number of pyridine rings is 1. The summed E-state index contributed by atoms with van der Waals surface area (Å²) in [6.45, 7) is 14.4. The van der Waals surface area contributed by atoms with E-state index in [1.165, 1.54) is 22.6 Å². The van der Waals surface area contributed by atoms with Gasteiger partial charge in [-0.1, -0.05) is 50.1 Å². The highest BCUT2D eigenvalue weighted by atomic mass is 35.5. The van der Waals surface area contributed by atoms with Crippen LogP contribution < -0.4 is 42.5 Å². The van der Waals surface area contributed by atoms with Crippen LogP contribution in [-0.4, -0.2) is 155 Å². The number of amides is 11. The molecule has 0 radical (unpaired) electrons. The maximum Gasteiger partial charge on any atom is 0.408 e. The molecule has 8 rings (SSSR count). The van der Waals surface area contributed by atoms with E-state index in [0.717, 1.165) is 106 Å². The number of nitrogens with one attached hydrogen (secondary N) is 6. The highest BCUT2D eigenvalue weighted by Gasteiger charge is 2.36. The summed E-state index contributed by atoms with van der Waals surface area (Å²) in [7, 11) is 0. The number of hydrogen-bond donors (Lipinski definition) is 7. The summed E-state index contributed by atoms with van der Waals surface area (Å²) in [5.74, 6) is -0.376. The van der Waals surface area contributed by atoms with Crippen molar-refractivity contribution in [2.75, 3.05) is 56.4 Å². The molecule has 2 saturated carbocycles. The molecule has 23 heteroatoms. The number of alkyl carbamates (subject to hydrolysis) is 2.